The van der Waals surface area contributed by atoms with Crippen molar-refractivity contribution in [2.45, 2.75) is 19.9 Å². The van der Waals surface area contributed by atoms with Crippen molar-refractivity contribution in [2.75, 3.05) is 6.61 Å². The van der Waals surface area contributed by atoms with Gasteiger partial charge in [-0.15, -0.1) is 0 Å². The zero-order chi connectivity index (χ0) is 12.1. The highest BCUT2D eigenvalue weighted by Gasteiger charge is 2.06. The molecule has 1 aromatic rings. The summed E-state index contributed by atoms with van der Waals surface area (Å²) in [6.07, 6.45) is 0. The normalized spacial score (nSPS) is 10.3. The van der Waals surface area contributed by atoms with Gasteiger partial charge in [-0.2, -0.15) is 0 Å². The van der Waals surface area contributed by atoms with Gasteiger partial charge in [0.2, 0.25) is 0 Å². The first kappa shape index (κ1) is 12.4. The third-order valence-electron chi connectivity index (χ3n) is 1.71. The van der Waals surface area contributed by atoms with Crippen LogP contribution in [0.25, 0.3) is 0 Å². The highest BCUT2D eigenvalue weighted by Crippen LogP contribution is 2.14. The van der Waals surface area contributed by atoms with Crippen molar-refractivity contribution >= 4 is 5.91 Å². The SMILES string of the molecule is CC(C)NC(=O)COc1ccc(F)c(F)c1. The van der Waals surface area contributed by atoms with Gasteiger partial charge in [-0.3, -0.25) is 4.79 Å². The van der Waals surface area contributed by atoms with Gasteiger partial charge in [0.05, 0.1) is 0 Å². The zero-order valence-corrected chi connectivity index (χ0v) is 9.09. The Bertz CT molecular complexity index is 380. The third kappa shape index (κ3) is 3.84. The van der Waals surface area contributed by atoms with Crippen molar-refractivity contribution in [1.82, 2.24) is 5.32 Å². The largest absolute Gasteiger partial charge is 0.484 e. The van der Waals surface area contributed by atoms with Crippen molar-refractivity contribution in [2.24, 2.45) is 0 Å². The Morgan fingerprint density at radius 2 is 2.06 bits per heavy atom. The van der Waals surface area contributed by atoms with E-state index in [0.717, 1.165) is 12.1 Å². The van der Waals surface area contributed by atoms with E-state index >= 15 is 0 Å². The fourth-order valence-electron chi connectivity index (χ4n) is 1.08. The molecular weight excluding hydrogens is 216 g/mol. The van der Waals surface area contributed by atoms with Crippen LogP contribution in [0.4, 0.5) is 8.78 Å². The average molecular weight is 229 g/mol. The van der Waals surface area contributed by atoms with Crippen molar-refractivity contribution in [3.63, 3.8) is 0 Å². The molecule has 0 bridgehead atoms. The van der Waals surface area contributed by atoms with Gasteiger partial charge >= 0.3 is 0 Å². The van der Waals surface area contributed by atoms with Crippen LogP contribution in [-0.4, -0.2) is 18.6 Å². The van der Waals surface area contributed by atoms with Crippen LogP contribution in [0.1, 0.15) is 13.8 Å². The Kier molecular flexibility index (Phi) is 4.22. The van der Waals surface area contributed by atoms with Crippen LogP contribution in [0.3, 0.4) is 0 Å². The number of hydrogen-bond acceptors (Lipinski definition) is 2. The van der Waals surface area contributed by atoms with Gasteiger partial charge in [-0.1, -0.05) is 0 Å². The Labute approximate surface area is 92.4 Å². The first-order valence-electron chi connectivity index (χ1n) is 4.86. The van der Waals surface area contributed by atoms with E-state index in [2.05, 4.69) is 5.32 Å². The van der Waals surface area contributed by atoms with E-state index in [4.69, 9.17) is 4.74 Å². The molecule has 88 valence electrons. The molecule has 16 heavy (non-hydrogen) atoms. The second-order valence-electron chi connectivity index (χ2n) is 3.59. The Morgan fingerprint density at radius 1 is 1.38 bits per heavy atom. The second-order valence-corrected chi connectivity index (χ2v) is 3.59. The number of nitrogens with one attached hydrogen (secondary N) is 1. The molecule has 0 aliphatic rings. The summed E-state index contributed by atoms with van der Waals surface area (Å²) in [6, 6.07) is 3.13. The standard InChI is InChI=1S/C11H13F2NO2/c1-7(2)14-11(15)6-16-8-3-4-9(12)10(13)5-8/h3-5,7H,6H2,1-2H3,(H,14,15). The van der Waals surface area contributed by atoms with Crippen molar-refractivity contribution in [3.8, 4) is 5.75 Å². The lowest BCUT2D eigenvalue weighted by Crippen LogP contribution is -2.34. The van der Waals surface area contributed by atoms with E-state index in [0.29, 0.717) is 0 Å². The summed E-state index contributed by atoms with van der Waals surface area (Å²) in [7, 11) is 0. The number of benzene rings is 1. The minimum absolute atomic E-state index is 0.0149. The van der Waals surface area contributed by atoms with Gasteiger partial charge in [-0.25, -0.2) is 8.78 Å². The molecule has 1 amide bonds. The van der Waals surface area contributed by atoms with E-state index < -0.39 is 11.6 Å². The van der Waals surface area contributed by atoms with Gasteiger partial charge in [0.25, 0.3) is 5.91 Å². The summed E-state index contributed by atoms with van der Waals surface area (Å²) in [4.78, 5) is 11.2. The van der Waals surface area contributed by atoms with E-state index in [1.807, 2.05) is 13.8 Å². The zero-order valence-electron chi connectivity index (χ0n) is 9.09. The van der Waals surface area contributed by atoms with E-state index in [1.54, 1.807) is 0 Å². The van der Waals surface area contributed by atoms with E-state index in [9.17, 15) is 13.6 Å². The van der Waals surface area contributed by atoms with Gasteiger partial charge in [-0.05, 0) is 26.0 Å². The summed E-state index contributed by atoms with van der Waals surface area (Å²) in [5, 5.41) is 2.61. The molecule has 5 heteroatoms. The molecule has 1 N–H and O–H groups in total. The topological polar surface area (TPSA) is 38.3 Å². The van der Waals surface area contributed by atoms with Gasteiger partial charge in [0.15, 0.2) is 18.2 Å². The van der Waals surface area contributed by atoms with E-state index in [-0.39, 0.29) is 24.3 Å². The smallest absolute Gasteiger partial charge is 0.258 e. The molecule has 1 aromatic carbocycles. The highest BCUT2D eigenvalue weighted by molar-refractivity contribution is 5.77. The monoisotopic (exact) mass is 229 g/mol. The van der Waals surface area contributed by atoms with Gasteiger partial charge < -0.3 is 10.1 Å². The highest BCUT2D eigenvalue weighted by atomic mass is 19.2. The number of carbonyl (C=O) groups is 1. The number of amides is 1. The maximum atomic E-state index is 12.8. The lowest BCUT2D eigenvalue weighted by Gasteiger charge is -2.09. The fourth-order valence-corrected chi connectivity index (χ4v) is 1.08. The molecule has 0 aromatic heterocycles. The van der Waals surface area contributed by atoms with Crippen LogP contribution < -0.4 is 10.1 Å². The number of rotatable bonds is 4. The van der Waals surface area contributed by atoms with Gasteiger partial charge in [0.1, 0.15) is 5.75 Å². The Balaban J connectivity index is 2.48. The molecule has 0 fully saturated rings. The summed E-state index contributed by atoms with van der Waals surface area (Å²) < 4.78 is 30.3. The molecule has 0 saturated carbocycles. The molecule has 1 rings (SSSR count). The maximum Gasteiger partial charge on any atom is 0.258 e. The molecule has 0 unspecified atom stereocenters. The van der Waals surface area contributed by atoms with E-state index in [1.165, 1.54) is 6.07 Å². The number of ether oxygens (including phenoxy) is 1. The van der Waals surface area contributed by atoms with Crippen LogP contribution in [0.15, 0.2) is 18.2 Å². The Morgan fingerprint density at radius 3 is 2.62 bits per heavy atom. The fraction of sp³-hybridized carbons (Fsp3) is 0.364. The number of carbonyl (C=O) groups excluding carboxylic acids is 1. The summed E-state index contributed by atoms with van der Waals surface area (Å²) in [6.45, 7) is 3.41. The Hall–Kier alpha value is -1.65. The van der Waals surface area contributed by atoms with Crippen molar-refractivity contribution < 1.29 is 18.3 Å². The summed E-state index contributed by atoms with van der Waals surface area (Å²) >= 11 is 0. The third-order valence-corrected chi connectivity index (χ3v) is 1.71. The van der Waals surface area contributed by atoms with Gasteiger partial charge in [0, 0.05) is 12.1 Å². The minimum atomic E-state index is -0.998. The average Bonchev–Trinajstić information content (AvgIpc) is 2.19. The molecular formula is C11H13F2NO2. The molecule has 3 nitrogen and oxygen atoms in total. The van der Waals surface area contributed by atoms with Crippen LogP contribution in [0.2, 0.25) is 0 Å². The lowest BCUT2D eigenvalue weighted by atomic mass is 10.3. The number of hydrogen-bond donors (Lipinski definition) is 1. The lowest BCUT2D eigenvalue weighted by molar-refractivity contribution is -0.123. The first-order valence-corrected chi connectivity index (χ1v) is 4.86. The van der Waals surface area contributed by atoms with Crippen molar-refractivity contribution in [1.29, 1.82) is 0 Å². The predicted molar refractivity (Wildman–Crippen MR) is 55.1 cm³/mol. The molecule has 0 aliphatic heterocycles. The predicted octanol–water partition coefficient (Wildman–Crippen LogP) is 1.87. The molecule has 0 radical (unpaired) electrons. The number of halogens is 2. The maximum absolute atomic E-state index is 12.8. The van der Waals surface area contributed by atoms with Crippen LogP contribution in [0.5, 0.6) is 5.75 Å². The molecule has 0 saturated heterocycles. The summed E-state index contributed by atoms with van der Waals surface area (Å²) in [5.74, 6) is -2.13. The molecule has 0 spiro atoms. The quantitative estimate of drug-likeness (QED) is 0.855. The molecule has 0 aliphatic carbocycles. The molecule has 0 heterocycles. The first-order chi connectivity index (χ1) is 7.49. The van der Waals surface area contributed by atoms with Crippen molar-refractivity contribution in [3.05, 3.63) is 29.8 Å². The second kappa shape index (κ2) is 5.44. The molecule has 0 atom stereocenters. The minimum Gasteiger partial charge on any atom is -0.484 e. The summed E-state index contributed by atoms with van der Waals surface area (Å²) in [5.41, 5.74) is 0. The van der Waals surface area contributed by atoms with Crippen LogP contribution in [0, 0.1) is 11.6 Å². The van der Waals surface area contributed by atoms with Crippen LogP contribution >= 0.6 is 0 Å². The van der Waals surface area contributed by atoms with Crippen LogP contribution in [-0.2, 0) is 4.79 Å².